The summed E-state index contributed by atoms with van der Waals surface area (Å²) >= 11 is 5.67. The lowest BCUT2D eigenvalue weighted by Gasteiger charge is -2.23. The summed E-state index contributed by atoms with van der Waals surface area (Å²) in [6, 6.07) is 11.3. The summed E-state index contributed by atoms with van der Waals surface area (Å²) in [6.07, 6.45) is 0. The lowest BCUT2D eigenvalue weighted by atomic mass is 9.95. The molecule has 0 bridgehead atoms. The summed E-state index contributed by atoms with van der Waals surface area (Å²) in [5, 5.41) is 3.51. The van der Waals surface area contributed by atoms with Gasteiger partial charge in [-0.25, -0.2) is 8.78 Å². The second kappa shape index (κ2) is 7.01. The Morgan fingerprint density at radius 2 is 1.71 bits per heavy atom. The van der Waals surface area contributed by atoms with E-state index in [4.69, 9.17) is 11.6 Å². The average molecular weight is 310 g/mol. The quantitative estimate of drug-likeness (QED) is 0.809. The molecular formula is C17H18ClF2N. The molecule has 1 atom stereocenters. The predicted octanol–water partition coefficient (Wildman–Crippen LogP) is 5.11. The van der Waals surface area contributed by atoms with Crippen molar-refractivity contribution < 1.29 is 8.78 Å². The van der Waals surface area contributed by atoms with Gasteiger partial charge in [-0.2, -0.15) is 0 Å². The first-order valence-electron chi connectivity index (χ1n) is 6.90. The molecule has 1 N–H and O–H groups in total. The number of rotatable bonds is 5. The highest BCUT2D eigenvalue weighted by Gasteiger charge is 2.15. The Hall–Kier alpha value is -1.45. The van der Waals surface area contributed by atoms with E-state index in [0.29, 0.717) is 12.5 Å². The van der Waals surface area contributed by atoms with Gasteiger partial charge >= 0.3 is 0 Å². The van der Waals surface area contributed by atoms with E-state index in [2.05, 4.69) is 19.2 Å². The van der Waals surface area contributed by atoms with E-state index >= 15 is 0 Å². The molecule has 0 aliphatic rings. The molecule has 0 aromatic heterocycles. The maximum Gasteiger partial charge on any atom is 0.142 e. The number of hydrogen-bond donors (Lipinski definition) is 1. The fraction of sp³-hybridized carbons (Fsp3) is 0.294. The molecule has 1 unspecified atom stereocenters. The maximum absolute atomic E-state index is 13.4. The second-order valence-corrected chi connectivity index (χ2v) is 5.81. The van der Waals surface area contributed by atoms with Gasteiger partial charge in [0.15, 0.2) is 0 Å². The van der Waals surface area contributed by atoms with Gasteiger partial charge < -0.3 is 5.32 Å². The zero-order valence-electron chi connectivity index (χ0n) is 12.0. The fourth-order valence-electron chi connectivity index (χ4n) is 2.29. The third-order valence-electron chi connectivity index (χ3n) is 3.41. The average Bonchev–Trinajstić information content (AvgIpc) is 2.44. The lowest BCUT2D eigenvalue weighted by Crippen LogP contribution is -2.25. The van der Waals surface area contributed by atoms with Crippen molar-refractivity contribution in [2.75, 3.05) is 0 Å². The van der Waals surface area contributed by atoms with Crippen LogP contribution in [-0.4, -0.2) is 0 Å². The standard InChI is InChI=1S/C17H18ClF2N/c1-11(2)17(13-4-6-14(19)7-5-13)21-10-12-3-8-15(18)16(20)9-12/h3-9,11,17,21H,10H2,1-2H3. The van der Waals surface area contributed by atoms with Crippen LogP contribution in [0.3, 0.4) is 0 Å². The van der Waals surface area contributed by atoms with Crippen molar-refractivity contribution >= 4 is 11.6 Å². The van der Waals surface area contributed by atoms with Crippen molar-refractivity contribution in [3.8, 4) is 0 Å². The first-order valence-corrected chi connectivity index (χ1v) is 7.28. The molecule has 2 aromatic rings. The highest BCUT2D eigenvalue weighted by atomic mass is 35.5. The van der Waals surface area contributed by atoms with Gasteiger partial charge in [0.1, 0.15) is 11.6 Å². The molecule has 0 aliphatic carbocycles. The summed E-state index contributed by atoms with van der Waals surface area (Å²) in [4.78, 5) is 0. The molecule has 0 heterocycles. The Morgan fingerprint density at radius 3 is 2.29 bits per heavy atom. The molecule has 1 nitrogen and oxygen atoms in total. The van der Waals surface area contributed by atoms with Crippen LogP contribution in [0.4, 0.5) is 8.78 Å². The van der Waals surface area contributed by atoms with Crippen molar-refractivity contribution in [2.45, 2.75) is 26.4 Å². The van der Waals surface area contributed by atoms with Crippen LogP contribution in [0.2, 0.25) is 5.02 Å². The third kappa shape index (κ3) is 4.26. The van der Waals surface area contributed by atoms with Gasteiger partial charge in [0.2, 0.25) is 0 Å². The maximum atomic E-state index is 13.4. The van der Waals surface area contributed by atoms with Crippen LogP contribution in [0.1, 0.15) is 31.0 Å². The fourth-order valence-corrected chi connectivity index (χ4v) is 2.40. The zero-order valence-corrected chi connectivity index (χ0v) is 12.8. The minimum Gasteiger partial charge on any atom is -0.306 e. The molecule has 0 fully saturated rings. The van der Waals surface area contributed by atoms with E-state index in [9.17, 15) is 8.78 Å². The Kier molecular flexibility index (Phi) is 5.32. The summed E-state index contributed by atoms with van der Waals surface area (Å²) in [5.41, 5.74) is 1.84. The van der Waals surface area contributed by atoms with E-state index in [1.54, 1.807) is 24.3 Å². The largest absolute Gasteiger partial charge is 0.306 e. The van der Waals surface area contributed by atoms with Crippen molar-refractivity contribution in [1.29, 1.82) is 0 Å². The molecule has 0 saturated heterocycles. The normalized spacial score (nSPS) is 12.7. The number of benzene rings is 2. The Balaban J connectivity index is 2.09. The molecule has 112 valence electrons. The predicted molar refractivity (Wildman–Crippen MR) is 82.2 cm³/mol. The molecule has 0 radical (unpaired) electrons. The molecular weight excluding hydrogens is 292 g/mol. The minimum absolute atomic E-state index is 0.0735. The van der Waals surface area contributed by atoms with Crippen LogP contribution in [-0.2, 0) is 6.54 Å². The summed E-state index contributed by atoms with van der Waals surface area (Å²) < 4.78 is 26.4. The molecule has 0 saturated carbocycles. The molecule has 2 rings (SSSR count). The van der Waals surface area contributed by atoms with Gasteiger partial charge in [-0.3, -0.25) is 0 Å². The van der Waals surface area contributed by atoms with Gasteiger partial charge in [0.25, 0.3) is 0 Å². The monoisotopic (exact) mass is 309 g/mol. The molecule has 4 heteroatoms. The third-order valence-corrected chi connectivity index (χ3v) is 3.71. The highest BCUT2D eigenvalue weighted by molar-refractivity contribution is 6.30. The van der Waals surface area contributed by atoms with Gasteiger partial charge in [0.05, 0.1) is 5.02 Å². The van der Waals surface area contributed by atoms with Crippen molar-refractivity contribution in [3.05, 3.63) is 70.2 Å². The van der Waals surface area contributed by atoms with Crippen LogP contribution in [0.15, 0.2) is 42.5 Å². The van der Waals surface area contributed by atoms with Crippen molar-refractivity contribution in [1.82, 2.24) is 5.32 Å². The van der Waals surface area contributed by atoms with Gasteiger partial charge in [-0.1, -0.05) is 43.6 Å². The van der Waals surface area contributed by atoms with Gasteiger partial charge in [-0.05, 0) is 41.3 Å². The van der Waals surface area contributed by atoms with E-state index in [1.807, 2.05) is 0 Å². The van der Waals surface area contributed by atoms with Crippen molar-refractivity contribution in [2.24, 2.45) is 5.92 Å². The lowest BCUT2D eigenvalue weighted by molar-refractivity contribution is 0.409. The van der Waals surface area contributed by atoms with E-state index < -0.39 is 5.82 Å². The topological polar surface area (TPSA) is 12.0 Å². The SMILES string of the molecule is CC(C)C(NCc1ccc(Cl)c(F)c1)c1ccc(F)cc1. The van der Waals surface area contributed by atoms with Gasteiger partial charge in [-0.15, -0.1) is 0 Å². The Labute approximate surface area is 128 Å². The summed E-state index contributed by atoms with van der Waals surface area (Å²) in [7, 11) is 0. The van der Waals surface area contributed by atoms with Crippen LogP contribution >= 0.6 is 11.6 Å². The summed E-state index contributed by atoms with van der Waals surface area (Å²) in [6.45, 7) is 4.70. The molecule has 0 amide bonds. The first kappa shape index (κ1) is 15.9. The minimum atomic E-state index is -0.418. The molecule has 0 aliphatic heterocycles. The number of hydrogen-bond acceptors (Lipinski definition) is 1. The molecule has 21 heavy (non-hydrogen) atoms. The van der Waals surface area contributed by atoms with Crippen LogP contribution in [0.5, 0.6) is 0 Å². The van der Waals surface area contributed by atoms with E-state index in [1.165, 1.54) is 18.2 Å². The zero-order chi connectivity index (χ0) is 15.4. The van der Waals surface area contributed by atoms with Crippen LogP contribution < -0.4 is 5.32 Å². The van der Waals surface area contributed by atoms with E-state index in [-0.39, 0.29) is 16.9 Å². The highest BCUT2D eigenvalue weighted by Crippen LogP contribution is 2.23. The molecule has 0 spiro atoms. The van der Waals surface area contributed by atoms with Crippen molar-refractivity contribution in [3.63, 3.8) is 0 Å². The van der Waals surface area contributed by atoms with Crippen LogP contribution in [0.25, 0.3) is 0 Å². The van der Waals surface area contributed by atoms with Gasteiger partial charge in [0, 0.05) is 12.6 Å². The summed E-state index contributed by atoms with van der Waals surface area (Å²) in [5.74, 6) is -0.340. The number of nitrogens with one attached hydrogen (secondary N) is 1. The Bertz CT molecular complexity index is 596. The number of halogens is 3. The Morgan fingerprint density at radius 1 is 1.05 bits per heavy atom. The second-order valence-electron chi connectivity index (χ2n) is 5.40. The van der Waals surface area contributed by atoms with E-state index in [0.717, 1.165) is 11.1 Å². The smallest absolute Gasteiger partial charge is 0.142 e. The first-order chi connectivity index (χ1) is 9.97. The molecule has 2 aromatic carbocycles. The van der Waals surface area contributed by atoms with Crippen LogP contribution in [0, 0.1) is 17.6 Å².